The summed E-state index contributed by atoms with van der Waals surface area (Å²) in [4.78, 5) is 11.7. The number of benzene rings is 3. The Morgan fingerprint density at radius 1 is 0.824 bits per heavy atom. The largest absolute Gasteiger partial charge is 0.378 e. The third-order valence-electron chi connectivity index (χ3n) is 5.64. The third kappa shape index (κ3) is 4.66. The van der Waals surface area contributed by atoms with Gasteiger partial charge in [0.1, 0.15) is 0 Å². The van der Waals surface area contributed by atoms with Crippen LogP contribution in [0.1, 0.15) is 5.56 Å². The Balaban J connectivity index is 1.55. The maximum atomic E-state index is 13.1. The highest BCUT2D eigenvalue weighted by Gasteiger charge is 2.21. The predicted molar refractivity (Wildman–Crippen MR) is 134 cm³/mol. The van der Waals surface area contributed by atoms with Gasteiger partial charge in [0, 0.05) is 13.1 Å². The van der Waals surface area contributed by atoms with Gasteiger partial charge in [-0.05, 0) is 43.3 Å². The summed E-state index contributed by atoms with van der Waals surface area (Å²) in [6.45, 7) is 4.77. The van der Waals surface area contributed by atoms with Crippen molar-refractivity contribution in [3.63, 3.8) is 0 Å². The van der Waals surface area contributed by atoms with Crippen LogP contribution in [0.2, 0.25) is 0 Å². The molecule has 0 amide bonds. The summed E-state index contributed by atoms with van der Waals surface area (Å²) in [7, 11) is -3.86. The summed E-state index contributed by atoms with van der Waals surface area (Å²) < 4.78 is 34.4. The van der Waals surface area contributed by atoms with Crippen molar-refractivity contribution in [2.75, 3.05) is 41.2 Å². The molecule has 1 aromatic heterocycles. The van der Waals surface area contributed by atoms with E-state index in [-0.39, 0.29) is 10.7 Å². The number of anilines is 4. The van der Waals surface area contributed by atoms with Crippen LogP contribution in [0.15, 0.2) is 77.7 Å². The Kier molecular flexibility index (Phi) is 6.04. The molecule has 0 aliphatic carbocycles. The molecule has 0 saturated carbocycles. The van der Waals surface area contributed by atoms with E-state index in [2.05, 4.69) is 19.9 Å². The first-order valence-electron chi connectivity index (χ1n) is 11.0. The number of hydrogen-bond donors (Lipinski definition) is 2. The summed E-state index contributed by atoms with van der Waals surface area (Å²) in [5, 5.41) is 3.33. The lowest BCUT2D eigenvalue weighted by molar-refractivity contribution is 0.123. The normalized spacial score (nSPS) is 14.2. The fraction of sp³-hybridized carbons (Fsp3) is 0.200. The zero-order chi connectivity index (χ0) is 23.5. The molecule has 2 heterocycles. The second-order valence-electron chi connectivity index (χ2n) is 8.07. The molecule has 5 rings (SSSR count). The minimum atomic E-state index is -3.86. The Hall–Kier alpha value is -3.69. The first-order chi connectivity index (χ1) is 16.5. The molecule has 2 N–H and O–H groups in total. The number of aryl methyl sites for hydroxylation is 1. The predicted octanol–water partition coefficient (Wildman–Crippen LogP) is 4.32. The number of fused-ring (bicyclic) bond motifs is 1. The van der Waals surface area contributed by atoms with E-state index in [1.165, 1.54) is 0 Å². The van der Waals surface area contributed by atoms with Crippen LogP contribution in [0.3, 0.4) is 0 Å². The molecule has 34 heavy (non-hydrogen) atoms. The van der Waals surface area contributed by atoms with Gasteiger partial charge in [0.05, 0.1) is 40.5 Å². The summed E-state index contributed by atoms with van der Waals surface area (Å²) in [5.74, 6) is 0.464. The molecular weight excluding hydrogens is 450 g/mol. The highest BCUT2D eigenvalue weighted by molar-refractivity contribution is 7.92. The van der Waals surface area contributed by atoms with E-state index >= 15 is 0 Å². The van der Waals surface area contributed by atoms with Crippen LogP contribution in [0, 0.1) is 6.92 Å². The number of ether oxygens (including phenoxy) is 1. The lowest BCUT2D eigenvalue weighted by atomic mass is 10.2. The fourth-order valence-electron chi connectivity index (χ4n) is 3.85. The van der Waals surface area contributed by atoms with Crippen LogP contribution in [-0.4, -0.2) is 44.7 Å². The molecule has 9 heteroatoms. The van der Waals surface area contributed by atoms with Gasteiger partial charge in [-0.2, -0.15) is 0 Å². The topological polar surface area (TPSA) is 96.5 Å². The number of morpholine rings is 1. The van der Waals surface area contributed by atoms with Crippen LogP contribution in [0.4, 0.5) is 23.0 Å². The van der Waals surface area contributed by atoms with Gasteiger partial charge in [0.15, 0.2) is 11.6 Å². The summed E-state index contributed by atoms with van der Waals surface area (Å²) in [6.07, 6.45) is 0. The zero-order valence-electron chi connectivity index (χ0n) is 18.7. The number of nitrogens with zero attached hydrogens (tertiary/aromatic N) is 3. The maximum Gasteiger partial charge on any atom is 0.263 e. The molecule has 8 nitrogen and oxygen atoms in total. The van der Waals surface area contributed by atoms with Crippen molar-refractivity contribution in [3.05, 3.63) is 78.4 Å². The van der Waals surface area contributed by atoms with Crippen LogP contribution in [0.25, 0.3) is 11.0 Å². The summed E-state index contributed by atoms with van der Waals surface area (Å²) >= 11 is 0. The van der Waals surface area contributed by atoms with E-state index in [4.69, 9.17) is 9.72 Å². The van der Waals surface area contributed by atoms with Crippen LogP contribution in [0.5, 0.6) is 0 Å². The van der Waals surface area contributed by atoms with Gasteiger partial charge in [0.2, 0.25) is 0 Å². The Labute approximate surface area is 198 Å². The van der Waals surface area contributed by atoms with Crippen molar-refractivity contribution in [1.82, 2.24) is 9.97 Å². The maximum absolute atomic E-state index is 13.1. The standard InChI is InChI=1S/C25H25N5O3S/c1-18-10-12-19(13-11-18)34(31,32)29-25-24(26-20-6-2-3-7-21(20)27-25)28-22-8-4-5-9-23(22)30-14-16-33-17-15-30/h2-13H,14-17H2,1H3,(H,26,28)(H,27,29). The summed E-state index contributed by atoms with van der Waals surface area (Å²) in [6, 6.07) is 21.9. The number of rotatable bonds is 6. The van der Waals surface area contributed by atoms with Crippen molar-refractivity contribution in [2.45, 2.75) is 11.8 Å². The minimum absolute atomic E-state index is 0.135. The third-order valence-corrected chi connectivity index (χ3v) is 7.00. The lowest BCUT2D eigenvalue weighted by Crippen LogP contribution is -2.36. The molecule has 0 bridgehead atoms. The average Bonchev–Trinajstić information content (AvgIpc) is 2.85. The van der Waals surface area contributed by atoms with Crippen LogP contribution >= 0.6 is 0 Å². The van der Waals surface area contributed by atoms with Crippen molar-refractivity contribution >= 4 is 44.1 Å². The first-order valence-corrected chi connectivity index (χ1v) is 12.5. The second kappa shape index (κ2) is 9.28. The Bertz CT molecular complexity index is 1420. The highest BCUT2D eigenvalue weighted by Crippen LogP contribution is 2.32. The van der Waals surface area contributed by atoms with Gasteiger partial charge in [-0.1, -0.05) is 42.0 Å². The van der Waals surface area contributed by atoms with Gasteiger partial charge in [-0.3, -0.25) is 4.72 Å². The van der Waals surface area contributed by atoms with Crippen molar-refractivity contribution in [3.8, 4) is 0 Å². The molecule has 1 aliphatic rings. The van der Waals surface area contributed by atoms with E-state index in [1.54, 1.807) is 30.3 Å². The summed E-state index contributed by atoms with van der Waals surface area (Å²) in [5.41, 5.74) is 4.03. The van der Waals surface area contributed by atoms with Gasteiger partial charge in [-0.15, -0.1) is 0 Å². The molecule has 4 aromatic rings. The number of sulfonamides is 1. The number of aromatic nitrogens is 2. The first kappa shape index (κ1) is 22.1. The van der Waals surface area contributed by atoms with Gasteiger partial charge in [0.25, 0.3) is 10.0 Å². The van der Waals surface area contributed by atoms with Crippen molar-refractivity contribution < 1.29 is 13.2 Å². The van der Waals surface area contributed by atoms with E-state index in [0.717, 1.165) is 30.0 Å². The van der Waals surface area contributed by atoms with Crippen LogP contribution in [-0.2, 0) is 14.8 Å². The Morgan fingerprint density at radius 3 is 2.15 bits per heavy atom. The molecule has 0 unspecified atom stereocenters. The van der Waals surface area contributed by atoms with Gasteiger partial charge in [-0.25, -0.2) is 18.4 Å². The molecule has 3 aromatic carbocycles. The minimum Gasteiger partial charge on any atom is -0.378 e. The number of nitrogens with one attached hydrogen (secondary N) is 2. The van der Waals surface area contributed by atoms with Gasteiger partial charge >= 0.3 is 0 Å². The van der Waals surface area contributed by atoms with Crippen molar-refractivity contribution in [2.24, 2.45) is 0 Å². The van der Waals surface area contributed by atoms with Gasteiger partial charge < -0.3 is 15.0 Å². The molecule has 0 radical (unpaired) electrons. The van der Waals surface area contributed by atoms with E-state index in [0.29, 0.717) is 30.1 Å². The number of hydrogen-bond acceptors (Lipinski definition) is 7. The second-order valence-corrected chi connectivity index (χ2v) is 9.75. The smallest absolute Gasteiger partial charge is 0.263 e. The van der Waals surface area contributed by atoms with Crippen molar-refractivity contribution in [1.29, 1.82) is 0 Å². The Morgan fingerprint density at radius 2 is 1.44 bits per heavy atom. The average molecular weight is 476 g/mol. The quantitative estimate of drug-likeness (QED) is 0.429. The highest BCUT2D eigenvalue weighted by atomic mass is 32.2. The SMILES string of the molecule is Cc1ccc(S(=O)(=O)Nc2nc3ccccc3nc2Nc2ccccc2N2CCOCC2)cc1. The number of para-hydroxylation sites is 4. The molecule has 1 fully saturated rings. The molecule has 1 aliphatic heterocycles. The zero-order valence-corrected chi connectivity index (χ0v) is 19.5. The molecule has 0 spiro atoms. The fourth-order valence-corrected chi connectivity index (χ4v) is 4.86. The van der Waals surface area contributed by atoms with Crippen LogP contribution < -0.4 is 14.9 Å². The monoisotopic (exact) mass is 475 g/mol. The van der Waals surface area contributed by atoms with E-state index < -0.39 is 10.0 Å². The lowest BCUT2D eigenvalue weighted by Gasteiger charge is -2.30. The molecule has 174 valence electrons. The molecule has 0 atom stereocenters. The van der Waals surface area contributed by atoms with E-state index in [1.807, 2.05) is 49.4 Å². The van der Waals surface area contributed by atoms with E-state index in [9.17, 15) is 8.42 Å². The molecular formula is C25H25N5O3S. The molecule has 1 saturated heterocycles.